The van der Waals surface area contributed by atoms with Crippen molar-refractivity contribution in [3.63, 3.8) is 0 Å². The van der Waals surface area contributed by atoms with Crippen molar-refractivity contribution < 1.29 is 49.1 Å². The molecule has 3 aliphatic carbocycles. The van der Waals surface area contributed by atoms with E-state index in [2.05, 4.69) is 115 Å². The van der Waals surface area contributed by atoms with Crippen LogP contribution in [0.15, 0.2) is 55.0 Å². The number of ether oxygens (including phenoxy) is 2. The van der Waals surface area contributed by atoms with Gasteiger partial charge in [-0.25, -0.2) is 9.36 Å². The van der Waals surface area contributed by atoms with Crippen molar-refractivity contribution in [2.45, 2.75) is 198 Å². The topological polar surface area (TPSA) is 278 Å². The van der Waals surface area contributed by atoms with E-state index in [9.17, 15) is 31.2 Å². The zero-order chi connectivity index (χ0) is 78.7. The van der Waals surface area contributed by atoms with Gasteiger partial charge >= 0.3 is 43.6 Å². The van der Waals surface area contributed by atoms with Crippen LogP contribution in [0.1, 0.15) is 129 Å². The van der Waals surface area contributed by atoms with Gasteiger partial charge in [0.1, 0.15) is 24.8 Å². The number of hydrogen-bond donors (Lipinski definition) is 4. The third-order valence-corrected chi connectivity index (χ3v) is 30.5. The van der Waals surface area contributed by atoms with Gasteiger partial charge in [-0.3, -0.25) is 27.8 Å². The number of amides is 3. The molecule has 0 saturated carbocycles. The predicted molar refractivity (Wildman–Crippen MR) is 464 cm³/mol. The summed E-state index contributed by atoms with van der Waals surface area (Å²) in [6.45, 7) is 24.0. The first kappa shape index (κ1) is 85.4. The summed E-state index contributed by atoms with van der Waals surface area (Å²) in [4.78, 5) is 58.0. The van der Waals surface area contributed by atoms with Crippen molar-refractivity contribution in [2.75, 3.05) is 96.3 Å². The van der Waals surface area contributed by atoms with Crippen molar-refractivity contribution in [2.24, 2.45) is 0 Å². The molecule has 4 N–H and O–H groups in total. The zero-order valence-electron chi connectivity index (χ0n) is 67.6. The van der Waals surface area contributed by atoms with Gasteiger partial charge in [0.2, 0.25) is 17.7 Å². The van der Waals surface area contributed by atoms with E-state index in [0.717, 1.165) is 223 Å². The third-order valence-electron chi connectivity index (χ3n) is 23.9. The van der Waals surface area contributed by atoms with Crippen LogP contribution in [0.3, 0.4) is 0 Å². The van der Waals surface area contributed by atoms with E-state index in [-0.39, 0.29) is 56.3 Å². The molecule has 2 spiro atoms. The first-order valence-corrected chi connectivity index (χ1v) is 61.6. The second kappa shape index (κ2) is 34.5. The molecule has 11 heterocycles. The molecule has 8 aliphatic rings. The molecule has 32 heteroatoms. The summed E-state index contributed by atoms with van der Waals surface area (Å²) in [7, 11) is -9.80. The molecule has 23 nitrogen and oxygen atoms in total. The van der Waals surface area contributed by atoms with Crippen LogP contribution in [-0.4, -0.2) is 221 Å². The molecule has 0 atom stereocenters. The minimum absolute atomic E-state index is 0. The summed E-state index contributed by atoms with van der Waals surface area (Å²) in [5, 5.41) is 20.9. The number of nitrogens with one attached hydrogen (secondary N) is 4. The summed E-state index contributed by atoms with van der Waals surface area (Å²) in [6.07, 6.45) is 21.1. The Morgan fingerprint density at radius 1 is 0.500 bits per heavy atom. The van der Waals surface area contributed by atoms with Crippen LogP contribution in [0.2, 0.25) is 51.4 Å². The molecule has 17 rings (SSSR count). The van der Waals surface area contributed by atoms with E-state index >= 15 is 0 Å². The number of fused-ring (bicyclic) bond motifs is 20. The van der Waals surface area contributed by atoms with Gasteiger partial charge in [-0.1, -0.05) is 39.3 Å². The maximum atomic E-state index is 14.1. The van der Waals surface area contributed by atoms with Crippen LogP contribution in [0.5, 0.6) is 0 Å². The van der Waals surface area contributed by atoms with Crippen LogP contribution in [0.4, 0.5) is 17.1 Å². The molecule has 3 aromatic carbocycles. The summed E-state index contributed by atoms with van der Waals surface area (Å²) in [5.41, 5.74) is 21.4. The number of aromatic nitrogens is 9. The average molecular weight is 1680 g/mol. The Bertz CT molecular complexity index is 5220. The first-order valence-electron chi connectivity index (χ1n) is 40.2. The van der Waals surface area contributed by atoms with Gasteiger partial charge in [0.15, 0.2) is 0 Å². The first-order chi connectivity index (χ1) is 53.0. The molecule has 594 valence electrons. The van der Waals surface area contributed by atoms with Crippen LogP contribution in [0, 0.1) is 0 Å². The fraction of sp³-hybridized carbons (Fsp3) is 0.550. The van der Waals surface area contributed by atoms with Crippen molar-refractivity contribution in [1.82, 2.24) is 44.7 Å². The number of rotatable bonds is 21. The number of carbonyl (C=O) groups is 3. The minimum atomic E-state index is -3.76. The van der Waals surface area contributed by atoms with Gasteiger partial charge in [0.25, 0.3) is 20.2 Å². The molecular weight excluding hydrogens is 1570 g/mol. The Morgan fingerprint density at radius 2 is 0.875 bits per heavy atom. The van der Waals surface area contributed by atoms with E-state index in [0.29, 0.717) is 44.0 Å². The molecule has 0 radical (unpaired) electrons. The average Bonchev–Trinajstić information content (AvgIpc) is 1.57. The number of hydrogen-bond acceptors (Lipinski definition) is 16. The standard InChI is InChI=1S/C30H44N4O8S2Si.C28H38N4O2SSi.C22H24N4OS.2Na.H2S/c1-7-34-26-17-23-22-10-8-9-21-19-33(20-40-15-16-45(4,5)6)32-27(21)28(22)31-25(23)18-24(26)30(29(34)35,11-13-41-43(2,36)37)12-14-42-44(3,38)39;1-5-32-24-15-21-20-8-6-7-19-17-31(18-34-11-14-36(2,3)4)30-25(19)26(20)29-23(21)16-22(24)28(27(32)33)9-12-35-13-10-28;1-2-26-18-10-15-14-5-3-4-13-12-23-25-19(13)20(14)24-17(15)11-16(18)22(21(26)27)6-8-28-9-7-22;;;/h17-19,31H,7-16,20H2,1-6H3;15-17,29H,5-14,18H2,1-4H3;10-12,24H,2-9H2,1H3,(H,23,25);;;1H2. The Balaban J connectivity index is 0.000000148. The fourth-order valence-corrected chi connectivity index (χ4v) is 22.9. The number of likely N-dealkylation sites (N-methyl/N-ethyl adjacent to an activating group) is 3. The normalized spacial score (nSPS) is 17.9. The Hall–Kier alpha value is -4.46. The number of aromatic amines is 4. The number of thioether (sulfide) groups is 2. The van der Waals surface area contributed by atoms with E-state index < -0.39 is 41.8 Å². The number of benzene rings is 3. The summed E-state index contributed by atoms with van der Waals surface area (Å²) < 4.78 is 73.1. The van der Waals surface area contributed by atoms with E-state index in [4.69, 9.17) is 28.0 Å². The zero-order valence-corrected chi connectivity index (χ0v) is 77.9. The van der Waals surface area contributed by atoms with E-state index in [1.165, 1.54) is 99.5 Å². The SMILES string of the molecule is CCN1C(=O)C(CCOS(C)(=O)=O)(CCOS(C)(=O)=O)c2cc3[nH]c4c(c3cc21)CCCc1cn(COCC[Si](C)(C)C)nc1-4.CCN1C(=O)C2(CCSCC2)c2cc3[nH]c4c(c3cc21)CCCc1cn(COCC[Si](C)(C)C)nc1-4.CCN1C(=O)C2(CCSCC2)c2cc3[nH]c4c(c3cc21)CCCc1cn[nH]c1-4.S.[Na][Na]. The summed E-state index contributed by atoms with van der Waals surface area (Å²) in [5.74, 6) is 4.65. The van der Waals surface area contributed by atoms with Gasteiger partial charge in [0.05, 0.1) is 70.9 Å². The second-order valence-electron chi connectivity index (χ2n) is 33.5. The van der Waals surface area contributed by atoms with Crippen molar-refractivity contribution in [3.8, 4) is 34.2 Å². The Kier molecular flexibility index (Phi) is 26.3. The quantitative estimate of drug-likeness (QED) is 0.0296. The molecule has 112 heavy (non-hydrogen) atoms. The fourth-order valence-electron chi connectivity index (χ4n) is 18.2. The van der Waals surface area contributed by atoms with Gasteiger partial charge in [0, 0.05) is 111 Å². The van der Waals surface area contributed by atoms with Crippen LogP contribution >= 0.6 is 37.0 Å². The Labute approximate surface area is 705 Å². The monoisotopic (exact) mass is 1670 g/mol. The van der Waals surface area contributed by atoms with E-state index in [1.807, 2.05) is 67.9 Å². The number of anilines is 3. The Morgan fingerprint density at radius 3 is 1.28 bits per heavy atom. The van der Waals surface area contributed by atoms with Gasteiger partial charge in [-0.15, -0.1) is 0 Å². The van der Waals surface area contributed by atoms with Crippen LogP contribution in [0.25, 0.3) is 66.9 Å². The molecule has 0 bridgehead atoms. The molecule has 0 unspecified atom stereocenters. The van der Waals surface area contributed by atoms with Gasteiger partial charge in [-0.2, -0.15) is 69.2 Å². The van der Waals surface area contributed by atoms with Gasteiger partial charge in [-0.05, 0) is 239 Å². The molecule has 6 aromatic heterocycles. The summed E-state index contributed by atoms with van der Waals surface area (Å²) >= 11 is 6.84. The van der Waals surface area contributed by atoms with Crippen LogP contribution in [-0.2, 0) is 121 Å². The maximum absolute atomic E-state index is 14.1. The summed E-state index contributed by atoms with van der Waals surface area (Å²) in [6, 6.07) is 15.4. The number of carbonyl (C=O) groups excluding carboxylic acids is 3. The molecule has 9 aromatic rings. The third kappa shape index (κ3) is 16.9. The molecule has 2 saturated heterocycles. The van der Waals surface area contributed by atoms with Crippen molar-refractivity contribution in [1.29, 1.82) is 0 Å². The van der Waals surface area contributed by atoms with Crippen molar-refractivity contribution in [3.05, 3.63) is 105 Å². The molecule has 5 aliphatic heterocycles. The van der Waals surface area contributed by atoms with E-state index in [1.54, 1.807) is 4.90 Å². The second-order valence-corrected chi connectivity index (χ2v) is 50.4. The molecule has 3 amide bonds. The number of nitrogens with zero attached hydrogens (tertiary/aromatic N) is 8. The van der Waals surface area contributed by atoms with Gasteiger partial charge < -0.3 is 39.1 Å². The number of H-pyrrole nitrogens is 4. The van der Waals surface area contributed by atoms with Crippen LogP contribution < -0.4 is 14.7 Å². The molecule has 2 fully saturated rings. The van der Waals surface area contributed by atoms with Crippen molar-refractivity contribution >= 4 is 185 Å². The molecular formula is C80H108N12Na2O11S5Si2. The number of aryl methyl sites for hydroxylation is 6. The predicted octanol–water partition coefficient (Wildman–Crippen LogP) is 13.7.